The van der Waals surface area contributed by atoms with Crippen LogP contribution in [0.2, 0.25) is 0 Å². The van der Waals surface area contributed by atoms with E-state index in [0.717, 1.165) is 67.6 Å². The predicted octanol–water partition coefficient (Wildman–Crippen LogP) is 5.85. The molecule has 6 rings (SSSR count). The van der Waals surface area contributed by atoms with Gasteiger partial charge in [-0.25, -0.2) is 19.6 Å². The van der Waals surface area contributed by atoms with Crippen molar-refractivity contribution in [2.75, 3.05) is 17.2 Å². The fraction of sp³-hybridized carbons (Fsp3) is 0.349. The predicted molar refractivity (Wildman–Crippen MR) is 216 cm³/mol. The molecule has 13 nitrogen and oxygen atoms in total. The van der Waals surface area contributed by atoms with Gasteiger partial charge in [0.2, 0.25) is 17.8 Å². The number of aliphatic hydroxyl groups excluding tert-OH is 1. The first-order valence-electron chi connectivity index (χ1n) is 19.3. The van der Waals surface area contributed by atoms with E-state index in [1.54, 1.807) is 23.7 Å². The lowest BCUT2D eigenvalue weighted by Gasteiger charge is -2.21. The number of hydrogen-bond donors (Lipinski definition) is 5. The molecule has 4 amide bonds. The van der Waals surface area contributed by atoms with E-state index < -0.39 is 30.5 Å². The van der Waals surface area contributed by atoms with E-state index in [0.29, 0.717) is 17.8 Å². The van der Waals surface area contributed by atoms with Gasteiger partial charge in [0.15, 0.2) is 0 Å². The van der Waals surface area contributed by atoms with E-state index in [4.69, 9.17) is 0 Å². The number of rotatable bonds is 16. The smallest absolute Gasteiger partial charge is 0.329 e. The van der Waals surface area contributed by atoms with Gasteiger partial charge < -0.3 is 21.1 Å². The topological polar surface area (TPSA) is 172 Å². The number of aryl methyl sites for hydroxylation is 2. The van der Waals surface area contributed by atoms with Gasteiger partial charge in [-0.2, -0.15) is 4.39 Å². The largest absolute Gasteiger partial charge is 0.392 e. The number of nitrogens with one attached hydrogen (secondary N) is 4. The van der Waals surface area contributed by atoms with Crippen molar-refractivity contribution in [1.29, 1.82) is 0 Å². The Labute approximate surface area is 330 Å². The summed E-state index contributed by atoms with van der Waals surface area (Å²) in [6.07, 6.45) is 12.3. The standard InChI is InChI=1S/C43H47FN8O5/c1-51-38-23-30(15-17-36(38)52(43(51)57)37-18-19-40(54)50-41(37)55)9-7-5-3-2-4-6-8-21-45-26-31-12-10-29(11-13-31)14-16-33-24-34(20-22-46-33)48-42(56)49-35-25-39(44)47-27-32(35)28-53/h10-13,15,17,20,22-25,27,37,45,53H,2-9,18-19,21,26,28H2,1H3,(H,50,54,55)(H2,46,47,48,49,56). The normalized spacial score (nSPS) is 13.9. The van der Waals surface area contributed by atoms with Crippen molar-refractivity contribution < 1.29 is 23.9 Å². The average molecular weight is 775 g/mol. The Morgan fingerprint density at radius 2 is 1.65 bits per heavy atom. The van der Waals surface area contributed by atoms with E-state index in [2.05, 4.69) is 43.1 Å². The summed E-state index contributed by atoms with van der Waals surface area (Å²) in [6.45, 7) is 1.33. The molecule has 1 aliphatic rings. The van der Waals surface area contributed by atoms with Crippen molar-refractivity contribution in [1.82, 2.24) is 29.7 Å². The lowest BCUT2D eigenvalue weighted by molar-refractivity contribution is -0.135. The summed E-state index contributed by atoms with van der Waals surface area (Å²) >= 11 is 0. The number of fused-ring (bicyclic) bond motifs is 1. The fourth-order valence-corrected chi connectivity index (χ4v) is 6.89. The van der Waals surface area contributed by atoms with Crippen LogP contribution in [-0.4, -0.2) is 48.6 Å². The number of nitrogens with zero attached hydrogens (tertiary/aromatic N) is 4. The van der Waals surface area contributed by atoms with Crippen molar-refractivity contribution in [3.8, 4) is 11.8 Å². The molecule has 1 fully saturated rings. The molecule has 57 heavy (non-hydrogen) atoms. The summed E-state index contributed by atoms with van der Waals surface area (Å²) < 4.78 is 16.6. The molecule has 296 valence electrons. The van der Waals surface area contributed by atoms with E-state index in [-0.39, 0.29) is 29.3 Å². The van der Waals surface area contributed by atoms with Crippen molar-refractivity contribution in [3.05, 3.63) is 117 Å². The van der Waals surface area contributed by atoms with Gasteiger partial charge in [-0.15, -0.1) is 0 Å². The molecule has 14 heteroatoms. The number of aliphatic hydroxyl groups is 1. The molecule has 3 aromatic heterocycles. The number of pyridine rings is 2. The minimum Gasteiger partial charge on any atom is -0.392 e. The second kappa shape index (κ2) is 19.6. The van der Waals surface area contributed by atoms with Crippen LogP contribution in [0.4, 0.5) is 20.6 Å². The Morgan fingerprint density at radius 3 is 2.42 bits per heavy atom. The second-order valence-corrected chi connectivity index (χ2v) is 14.2. The van der Waals surface area contributed by atoms with Gasteiger partial charge in [0.1, 0.15) is 11.7 Å². The molecule has 0 radical (unpaired) electrons. The Kier molecular flexibility index (Phi) is 13.9. The molecule has 4 heterocycles. The van der Waals surface area contributed by atoms with E-state index in [9.17, 15) is 28.7 Å². The molecule has 5 aromatic rings. The monoisotopic (exact) mass is 774 g/mol. The third kappa shape index (κ3) is 11.0. The highest BCUT2D eigenvalue weighted by Crippen LogP contribution is 2.24. The van der Waals surface area contributed by atoms with Crippen molar-refractivity contribution in [2.24, 2.45) is 7.05 Å². The summed E-state index contributed by atoms with van der Waals surface area (Å²) in [4.78, 5) is 57.2. The molecule has 1 atom stereocenters. The average Bonchev–Trinajstić information content (AvgIpc) is 3.44. The molecule has 1 unspecified atom stereocenters. The number of halogens is 1. The van der Waals surface area contributed by atoms with Gasteiger partial charge in [0, 0.05) is 55.3 Å². The number of aromatic nitrogens is 4. The lowest BCUT2D eigenvalue weighted by atomic mass is 10.0. The lowest BCUT2D eigenvalue weighted by Crippen LogP contribution is -2.44. The number of hydrogen-bond acceptors (Lipinski definition) is 8. The zero-order chi connectivity index (χ0) is 40.1. The van der Waals surface area contributed by atoms with Gasteiger partial charge in [-0.3, -0.25) is 24.0 Å². The summed E-state index contributed by atoms with van der Waals surface area (Å²) in [7, 11) is 1.73. The summed E-state index contributed by atoms with van der Waals surface area (Å²) in [5.41, 5.74) is 5.79. The van der Waals surface area contributed by atoms with Gasteiger partial charge in [-0.1, -0.05) is 56.2 Å². The number of piperidine rings is 1. The van der Waals surface area contributed by atoms with Crippen LogP contribution in [0.5, 0.6) is 0 Å². The molecule has 0 bridgehead atoms. The van der Waals surface area contributed by atoms with Crippen LogP contribution in [0.3, 0.4) is 0 Å². The number of imide groups is 1. The molecular formula is C43H47FN8O5. The third-order valence-corrected chi connectivity index (χ3v) is 10.0. The highest BCUT2D eigenvalue weighted by atomic mass is 19.1. The van der Waals surface area contributed by atoms with Crippen LogP contribution in [0.25, 0.3) is 11.0 Å². The zero-order valence-corrected chi connectivity index (χ0v) is 31.9. The molecule has 1 saturated heterocycles. The summed E-state index contributed by atoms with van der Waals surface area (Å²) in [5, 5.41) is 20.5. The summed E-state index contributed by atoms with van der Waals surface area (Å²) in [5.74, 6) is 4.63. The van der Waals surface area contributed by atoms with Crippen molar-refractivity contribution >= 4 is 40.3 Å². The zero-order valence-electron chi connectivity index (χ0n) is 31.9. The van der Waals surface area contributed by atoms with Crippen LogP contribution < -0.4 is 27.0 Å². The first-order valence-corrected chi connectivity index (χ1v) is 19.3. The fourth-order valence-electron chi connectivity index (χ4n) is 6.89. The van der Waals surface area contributed by atoms with Crippen LogP contribution in [0.15, 0.2) is 77.9 Å². The maximum Gasteiger partial charge on any atom is 0.329 e. The highest BCUT2D eigenvalue weighted by Gasteiger charge is 2.31. The number of anilines is 2. The van der Waals surface area contributed by atoms with E-state index in [1.807, 2.05) is 42.5 Å². The number of amides is 4. The Hall–Kier alpha value is -6.17. The van der Waals surface area contributed by atoms with Gasteiger partial charge in [-0.05, 0) is 85.7 Å². The van der Waals surface area contributed by atoms with Gasteiger partial charge >= 0.3 is 11.7 Å². The van der Waals surface area contributed by atoms with Crippen molar-refractivity contribution in [2.45, 2.75) is 83.4 Å². The number of carbonyl (C=O) groups excluding carboxylic acids is 3. The van der Waals surface area contributed by atoms with Gasteiger partial charge in [0.25, 0.3) is 0 Å². The van der Waals surface area contributed by atoms with Crippen LogP contribution in [0, 0.1) is 17.8 Å². The Morgan fingerprint density at radius 1 is 0.895 bits per heavy atom. The molecule has 0 saturated carbocycles. The van der Waals surface area contributed by atoms with Crippen LogP contribution in [0.1, 0.15) is 91.8 Å². The minimum atomic E-state index is -0.773. The quantitative estimate of drug-likeness (QED) is 0.0360. The number of urea groups is 1. The minimum absolute atomic E-state index is 0.124. The van der Waals surface area contributed by atoms with Crippen LogP contribution in [-0.2, 0) is 36.2 Å². The number of carbonyl (C=O) groups is 3. The third-order valence-electron chi connectivity index (χ3n) is 10.0. The molecule has 0 spiro atoms. The Bertz CT molecular complexity index is 2340. The highest BCUT2D eigenvalue weighted by molar-refractivity contribution is 6.00. The van der Waals surface area contributed by atoms with Gasteiger partial charge in [0.05, 0.1) is 23.3 Å². The Balaban J connectivity index is 0.838. The molecule has 1 aliphatic heterocycles. The number of imidazole rings is 1. The molecular weight excluding hydrogens is 728 g/mol. The SMILES string of the molecule is Cn1c(=O)n(C2CCC(=O)NC2=O)c2ccc(CCCCCCCCCNCc3ccc(C#Cc4cc(NC(=O)Nc5cc(F)ncc5CO)ccn4)cc3)cc21. The summed E-state index contributed by atoms with van der Waals surface area (Å²) in [6, 6.07) is 17.0. The van der Waals surface area contributed by atoms with Crippen LogP contribution >= 0.6 is 0 Å². The van der Waals surface area contributed by atoms with Crippen molar-refractivity contribution in [3.63, 3.8) is 0 Å². The van der Waals surface area contributed by atoms with E-state index >= 15 is 0 Å². The first kappa shape index (κ1) is 40.5. The maximum atomic E-state index is 13.5. The number of unbranched alkanes of at least 4 members (excludes halogenated alkanes) is 6. The first-order chi connectivity index (χ1) is 27.7. The number of benzene rings is 2. The molecule has 2 aromatic carbocycles. The molecule has 5 N–H and O–H groups in total. The molecule has 0 aliphatic carbocycles. The maximum absolute atomic E-state index is 13.5. The second-order valence-electron chi connectivity index (χ2n) is 14.2. The van der Waals surface area contributed by atoms with E-state index in [1.165, 1.54) is 47.6 Å².